The average Bonchev–Trinajstić information content (AvgIpc) is 2.85. The smallest absolute Gasteiger partial charge is 0.345 e. The summed E-state index contributed by atoms with van der Waals surface area (Å²) in [4.78, 5) is 13.5. The Kier molecular flexibility index (Phi) is 3.60. The molecule has 2 rings (SSSR count). The minimum Gasteiger partial charge on any atom is -0.372 e. The average molecular weight is 263 g/mol. The van der Waals surface area contributed by atoms with Gasteiger partial charge in [0.2, 0.25) is 5.91 Å². The zero-order valence-corrected chi connectivity index (χ0v) is 10.9. The highest BCUT2D eigenvalue weighted by atomic mass is 19.3. The van der Waals surface area contributed by atoms with Crippen molar-refractivity contribution in [1.29, 1.82) is 0 Å². The third kappa shape index (κ3) is 3.38. The Labute approximate surface area is 105 Å². The Morgan fingerprint density at radius 2 is 1.94 bits per heavy atom. The van der Waals surface area contributed by atoms with E-state index >= 15 is 0 Å². The van der Waals surface area contributed by atoms with Crippen molar-refractivity contribution in [3.8, 4) is 0 Å². The van der Waals surface area contributed by atoms with Gasteiger partial charge in [-0.2, -0.15) is 8.78 Å². The van der Waals surface area contributed by atoms with E-state index in [9.17, 15) is 13.6 Å². The van der Waals surface area contributed by atoms with Gasteiger partial charge in [0.15, 0.2) is 0 Å². The largest absolute Gasteiger partial charge is 0.372 e. The molecule has 104 valence electrons. The van der Waals surface area contributed by atoms with Gasteiger partial charge in [-0.25, -0.2) is 0 Å². The van der Waals surface area contributed by atoms with Crippen LogP contribution in [0.5, 0.6) is 0 Å². The predicted octanol–water partition coefficient (Wildman–Crippen LogP) is 1.64. The number of hydrogen-bond acceptors (Lipinski definition) is 3. The molecule has 6 heteroatoms. The standard InChI is InChI=1S/C12H19F2NO3/c1-12(2,3)18-9-4-8(9)10(16)15-5-7(6-15)17-11(13)14/h7-9,11H,4-6H2,1-3H3/t8-,9-/m1/s1. The van der Waals surface area contributed by atoms with Crippen LogP contribution in [0.2, 0.25) is 0 Å². The summed E-state index contributed by atoms with van der Waals surface area (Å²) in [6.45, 7) is 3.61. The minimum atomic E-state index is -2.76. The maximum Gasteiger partial charge on any atom is 0.345 e. The van der Waals surface area contributed by atoms with Crippen molar-refractivity contribution in [2.24, 2.45) is 5.92 Å². The molecule has 2 fully saturated rings. The lowest BCUT2D eigenvalue weighted by Gasteiger charge is -2.38. The van der Waals surface area contributed by atoms with E-state index in [0.717, 1.165) is 6.42 Å². The fraction of sp³-hybridized carbons (Fsp3) is 0.917. The van der Waals surface area contributed by atoms with Crippen LogP contribution < -0.4 is 0 Å². The second kappa shape index (κ2) is 4.74. The number of nitrogens with zero attached hydrogens (tertiary/aromatic N) is 1. The lowest BCUT2D eigenvalue weighted by atomic mass is 10.1. The van der Waals surface area contributed by atoms with Crippen LogP contribution in [-0.2, 0) is 14.3 Å². The number of halogens is 2. The van der Waals surface area contributed by atoms with Gasteiger partial charge in [-0.1, -0.05) is 0 Å². The van der Waals surface area contributed by atoms with E-state index in [2.05, 4.69) is 4.74 Å². The van der Waals surface area contributed by atoms with Crippen molar-refractivity contribution in [3.05, 3.63) is 0 Å². The number of amides is 1. The molecule has 0 N–H and O–H groups in total. The highest BCUT2D eigenvalue weighted by Gasteiger charge is 2.50. The van der Waals surface area contributed by atoms with E-state index in [1.165, 1.54) is 0 Å². The van der Waals surface area contributed by atoms with Crippen molar-refractivity contribution >= 4 is 5.91 Å². The van der Waals surface area contributed by atoms with Crippen LogP contribution in [-0.4, -0.2) is 48.3 Å². The molecule has 1 aliphatic carbocycles. The summed E-state index contributed by atoms with van der Waals surface area (Å²) in [7, 11) is 0. The van der Waals surface area contributed by atoms with Gasteiger partial charge in [0.25, 0.3) is 0 Å². The van der Waals surface area contributed by atoms with E-state index in [1.807, 2.05) is 20.8 Å². The predicted molar refractivity (Wildman–Crippen MR) is 60.2 cm³/mol. The fourth-order valence-corrected chi connectivity index (χ4v) is 2.10. The first-order valence-corrected chi connectivity index (χ1v) is 6.16. The van der Waals surface area contributed by atoms with Gasteiger partial charge in [0, 0.05) is 13.1 Å². The summed E-state index contributed by atoms with van der Waals surface area (Å²) < 4.78 is 33.8. The van der Waals surface area contributed by atoms with Crippen molar-refractivity contribution in [2.75, 3.05) is 13.1 Å². The molecule has 1 aliphatic heterocycles. The lowest BCUT2D eigenvalue weighted by Crippen LogP contribution is -2.56. The van der Waals surface area contributed by atoms with Crippen molar-refractivity contribution in [2.45, 2.75) is 51.6 Å². The number of carbonyl (C=O) groups is 1. The van der Waals surface area contributed by atoms with Gasteiger partial charge < -0.3 is 14.4 Å². The molecule has 0 aromatic carbocycles. The summed E-state index contributed by atoms with van der Waals surface area (Å²) in [5.41, 5.74) is -0.254. The molecule has 4 nitrogen and oxygen atoms in total. The molecule has 1 saturated carbocycles. The van der Waals surface area contributed by atoms with Crippen molar-refractivity contribution in [3.63, 3.8) is 0 Å². The molecule has 0 bridgehead atoms. The number of carbonyl (C=O) groups excluding carboxylic acids is 1. The summed E-state index contributed by atoms with van der Waals surface area (Å²) in [6.07, 6.45) is 0.190. The molecule has 0 aromatic heterocycles. The van der Waals surface area contributed by atoms with Crippen LogP contribution in [0.25, 0.3) is 0 Å². The normalized spacial score (nSPS) is 28.4. The van der Waals surface area contributed by atoms with E-state index in [4.69, 9.17) is 4.74 Å². The molecule has 1 saturated heterocycles. The van der Waals surface area contributed by atoms with Crippen LogP contribution in [0.15, 0.2) is 0 Å². The Morgan fingerprint density at radius 3 is 2.44 bits per heavy atom. The first-order valence-electron chi connectivity index (χ1n) is 6.16. The van der Waals surface area contributed by atoms with Gasteiger partial charge in [0.1, 0.15) is 0 Å². The van der Waals surface area contributed by atoms with Crippen LogP contribution in [0, 0.1) is 5.92 Å². The summed E-state index contributed by atoms with van der Waals surface area (Å²) >= 11 is 0. The molecule has 1 amide bonds. The monoisotopic (exact) mass is 263 g/mol. The second-order valence-electron chi connectivity index (χ2n) is 5.87. The number of rotatable bonds is 4. The third-order valence-electron chi connectivity index (χ3n) is 3.01. The number of alkyl halides is 2. The van der Waals surface area contributed by atoms with Gasteiger partial charge >= 0.3 is 6.61 Å². The Balaban J connectivity index is 1.69. The quantitative estimate of drug-likeness (QED) is 0.774. The maximum absolute atomic E-state index is 11.9. The number of hydrogen-bond donors (Lipinski definition) is 0. The lowest BCUT2D eigenvalue weighted by molar-refractivity contribution is -0.199. The molecule has 0 spiro atoms. The first-order chi connectivity index (χ1) is 8.26. The molecule has 18 heavy (non-hydrogen) atoms. The summed E-state index contributed by atoms with van der Waals surface area (Å²) in [5.74, 6) is -0.102. The van der Waals surface area contributed by atoms with Gasteiger partial charge in [-0.05, 0) is 27.2 Å². The van der Waals surface area contributed by atoms with Crippen LogP contribution in [0.3, 0.4) is 0 Å². The van der Waals surface area contributed by atoms with Gasteiger partial charge in [-0.3, -0.25) is 4.79 Å². The first kappa shape index (κ1) is 13.7. The number of likely N-dealkylation sites (tertiary alicyclic amines) is 1. The fourth-order valence-electron chi connectivity index (χ4n) is 2.10. The van der Waals surface area contributed by atoms with Crippen LogP contribution in [0.4, 0.5) is 8.78 Å². The molecule has 1 heterocycles. The summed E-state index contributed by atoms with van der Waals surface area (Å²) in [6, 6.07) is 0. The SMILES string of the molecule is CC(C)(C)O[C@@H]1C[C@H]1C(=O)N1CC(OC(F)F)C1. The zero-order chi connectivity index (χ0) is 13.5. The minimum absolute atomic E-state index is 0.00151. The molecule has 0 unspecified atom stereocenters. The zero-order valence-electron chi connectivity index (χ0n) is 10.9. The molecule has 2 atom stereocenters. The van der Waals surface area contributed by atoms with E-state index in [1.54, 1.807) is 4.90 Å². The second-order valence-corrected chi connectivity index (χ2v) is 5.87. The Bertz CT molecular complexity index is 324. The van der Waals surface area contributed by atoms with Crippen LogP contribution >= 0.6 is 0 Å². The van der Waals surface area contributed by atoms with E-state index in [0.29, 0.717) is 0 Å². The summed E-state index contributed by atoms with van der Waals surface area (Å²) in [5, 5.41) is 0. The topological polar surface area (TPSA) is 38.8 Å². The highest BCUT2D eigenvalue weighted by molar-refractivity contribution is 5.83. The molecule has 0 radical (unpaired) electrons. The van der Waals surface area contributed by atoms with E-state index < -0.39 is 12.7 Å². The Morgan fingerprint density at radius 1 is 1.33 bits per heavy atom. The number of ether oxygens (including phenoxy) is 2. The van der Waals surface area contributed by atoms with E-state index in [-0.39, 0.29) is 36.6 Å². The Hall–Kier alpha value is -0.750. The molecular formula is C12H19F2NO3. The van der Waals surface area contributed by atoms with Crippen LogP contribution in [0.1, 0.15) is 27.2 Å². The molecule has 2 aliphatic rings. The molecule has 0 aromatic rings. The molecular weight excluding hydrogens is 244 g/mol. The maximum atomic E-state index is 11.9. The van der Waals surface area contributed by atoms with Gasteiger partial charge in [0.05, 0.1) is 23.7 Å². The van der Waals surface area contributed by atoms with Gasteiger partial charge in [-0.15, -0.1) is 0 Å². The third-order valence-corrected chi connectivity index (χ3v) is 3.01. The highest BCUT2D eigenvalue weighted by Crippen LogP contribution is 2.39. The van der Waals surface area contributed by atoms with Crippen molar-refractivity contribution < 1.29 is 23.0 Å². The van der Waals surface area contributed by atoms with Crippen molar-refractivity contribution in [1.82, 2.24) is 4.90 Å².